The number of nitrogens with zero attached hydrogens (tertiary/aromatic N) is 1. The van der Waals surface area contributed by atoms with E-state index in [0.717, 1.165) is 22.2 Å². The molecule has 156 valence electrons. The number of pyridine rings is 1. The molecule has 6 heteroatoms. The highest BCUT2D eigenvalue weighted by Crippen LogP contribution is 2.40. The topological polar surface area (TPSA) is 72.6 Å². The molecule has 2 aromatic carbocycles. The first-order chi connectivity index (χ1) is 15.1. The molecule has 0 saturated carbocycles. The fourth-order valence-electron chi connectivity index (χ4n) is 4.14. The first kappa shape index (κ1) is 19.5. The first-order valence-electron chi connectivity index (χ1n) is 10.2. The van der Waals surface area contributed by atoms with E-state index in [2.05, 4.69) is 4.98 Å². The molecule has 5 rings (SSSR count). The van der Waals surface area contributed by atoms with Gasteiger partial charge in [-0.3, -0.25) is 4.79 Å². The van der Waals surface area contributed by atoms with Crippen LogP contribution in [0, 0.1) is 5.82 Å². The van der Waals surface area contributed by atoms with Crippen molar-refractivity contribution in [1.82, 2.24) is 4.98 Å². The van der Waals surface area contributed by atoms with E-state index in [1.807, 2.05) is 42.5 Å². The number of aryl methyl sites for hydroxylation is 1. The van der Waals surface area contributed by atoms with E-state index >= 15 is 4.39 Å². The number of aromatic nitrogens is 1. The van der Waals surface area contributed by atoms with Crippen LogP contribution in [0.15, 0.2) is 59.0 Å². The third-order valence-electron chi connectivity index (χ3n) is 5.59. The molecule has 31 heavy (non-hydrogen) atoms. The molecule has 1 N–H and O–H groups in total. The number of rotatable bonds is 6. The Morgan fingerprint density at radius 1 is 1.06 bits per heavy atom. The van der Waals surface area contributed by atoms with Gasteiger partial charge in [-0.15, -0.1) is 0 Å². The van der Waals surface area contributed by atoms with Gasteiger partial charge < -0.3 is 14.3 Å². The minimum absolute atomic E-state index is 0.0569. The molecule has 1 aliphatic heterocycles. The second-order valence-corrected chi connectivity index (χ2v) is 7.61. The van der Waals surface area contributed by atoms with Gasteiger partial charge in [0.25, 0.3) is 0 Å². The monoisotopic (exact) mass is 417 g/mol. The molecule has 1 aliphatic rings. The Kier molecular flexibility index (Phi) is 5.00. The van der Waals surface area contributed by atoms with E-state index in [1.54, 1.807) is 6.07 Å². The summed E-state index contributed by atoms with van der Waals surface area (Å²) < 4.78 is 26.8. The van der Waals surface area contributed by atoms with Crippen molar-refractivity contribution in [2.24, 2.45) is 0 Å². The molecule has 3 heterocycles. The van der Waals surface area contributed by atoms with Crippen molar-refractivity contribution < 1.29 is 23.4 Å². The van der Waals surface area contributed by atoms with Crippen LogP contribution in [0.2, 0.25) is 0 Å². The molecule has 0 radical (unpaired) electrons. The first-order valence-corrected chi connectivity index (χ1v) is 10.2. The molecule has 0 bridgehead atoms. The second-order valence-electron chi connectivity index (χ2n) is 7.61. The SMILES string of the molecule is O=C(O)CCCc1c(-c2cccc(F)c2-c2ccc3c(n2)COC3)oc2ccccc12. The molecule has 5 nitrogen and oxygen atoms in total. The number of furan rings is 1. The normalized spacial score (nSPS) is 12.9. The van der Waals surface area contributed by atoms with Crippen molar-refractivity contribution in [2.45, 2.75) is 32.5 Å². The molecule has 0 spiro atoms. The number of hydrogen-bond donors (Lipinski definition) is 1. The third-order valence-corrected chi connectivity index (χ3v) is 5.59. The Labute approximate surface area is 178 Å². The number of ether oxygens (including phenoxy) is 1. The largest absolute Gasteiger partial charge is 0.481 e. The summed E-state index contributed by atoms with van der Waals surface area (Å²) in [6, 6.07) is 16.2. The summed E-state index contributed by atoms with van der Waals surface area (Å²) in [5.74, 6) is -0.675. The zero-order valence-electron chi connectivity index (χ0n) is 16.7. The lowest BCUT2D eigenvalue weighted by Crippen LogP contribution is -1.98. The highest BCUT2D eigenvalue weighted by Gasteiger charge is 2.23. The van der Waals surface area contributed by atoms with Gasteiger partial charge in [0.05, 0.1) is 24.6 Å². The molecular formula is C25H20FNO4. The highest BCUT2D eigenvalue weighted by atomic mass is 19.1. The van der Waals surface area contributed by atoms with Crippen LogP contribution in [0.1, 0.15) is 29.7 Å². The lowest BCUT2D eigenvalue weighted by atomic mass is 9.95. The fourth-order valence-corrected chi connectivity index (χ4v) is 4.14. The van der Waals surface area contributed by atoms with Crippen molar-refractivity contribution in [1.29, 1.82) is 0 Å². The lowest BCUT2D eigenvalue weighted by molar-refractivity contribution is -0.137. The molecule has 0 atom stereocenters. The van der Waals surface area contributed by atoms with Crippen LogP contribution in [-0.4, -0.2) is 16.1 Å². The van der Waals surface area contributed by atoms with Gasteiger partial charge in [0.2, 0.25) is 0 Å². The van der Waals surface area contributed by atoms with Crippen LogP contribution < -0.4 is 0 Å². The molecule has 0 aliphatic carbocycles. The van der Waals surface area contributed by atoms with Crippen LogP contribution in [0.3, 0.4) is 0 Å². The zero-order valence-corrected chi connectivity index (χ0v) is 16.7. The molecule has 0 saturated heterocycles. The van der Waals surface area contributed by atoms with Gasteiger partial charge in [0.15, 0.2) is 0 Å². The minimum atomic E-state index is -0.842. The number of carboxylic acid groups (broad SMARTS) is 1. The Morgan fingerprint density at radius 2 is 1.94 bits per heavy atom. The summed E-state index contributed by atoms with van der Waals surface area (Å²) in [5, 5.41) is 9.97. The van der Waals surface area contributed by atoms with Crippen molar-refractivity contribution >= 4 is 16.9 Å². The average Bonchev–Trinajstić information content (AvgIpc) is 3.37. The standard InChI is InChI=1S/C25H20FNO4/c26-19-8-3-7-18(24(19)20-12-11-15-13-30-14-21(15)27-20)25-17(6-4-10-23(28)29)16-5-1-2-9-22(16)31-25/h1-3,5,7-9,11-12H,4,6,10,13-14H2,(H,28,29). The maximum absolute atomic E-state index is 15.1. The molecule has 2 aromatic heterocycles. The summed E-state index contributed by atoms with van der Waals surface area (Å²) in [6.45, 7) is 0.933. The number of halogens is 1. The van der Waals surface area contributed by atoms with Gasteiger partial charge in [-0.1, -0.05) is 36.4 Å². The van der Waals surface area contributed by atoms with E-state index in [9.17, 15) is 4.79 Å². The van der Waals surface area contributed by atoms with Crippen LogP contribution in [0.25, 0.3) is 33.6 Å². The van der Waals surface area contributed by atoms with Gasteiger partial charge in [-0.05, 0) is 31.0 Å². The number of benzene rings is 2. The maximum atomic E-state index is 15.1. The predicted octanol–water partition coefficient (Wildman–Crippen LogP) is 5.74. The predicted molar refractivity (Wildman–Crippen MR) is 114 cm³/mol. The van der Waals surface area contributed by atoms with E-state index < -0.39 is 5.97 Å². The Hall–Kier alpha value is -3.51. The highest BCUT2D eigenvalue weighted by molar-refractivity contribution is 5.91. The zero-order chi connectivity index (χ0) is 21.4. The molecule has 4 aromatic rings. The van der Waals surface area contributed by atoms with Gasteiger partial charge in [0, 0.05) is 34.1 Å². The summed E-state index contributed by atoms with van der Waals surface area (Å²) >= 11 is 0. The third kappa shape index (κ3) is 3.59. The number of carboxylic acids is 1. The number of para-hydroxylation sites is 1. The van der Waals surface area contributed by atoms with Crippen molar-refractivity contribution in [3.63, 3.8) is 0 Å². The van der Waals surface area contributed by atoms with E-state index in [1.165, 1.54) is 6.07 Å². The molecule has 0 unspecified atom stereocenters. The van der Waals surface area contributed by atoms with Gasteiger partial charge in [-0.25, -0.2) is 9.37 Å². The lowest BCUT2D eigenvalue weighted by Gasteiger charge is -2.11. The molecule has 0 amide bonds. The number of hydrogen-bond acceptors (Lipinski definition) is 4. The van der Waals surface area contributed by atoms with Crippen LogP contribution in [0.5, 0.6) is 0 Å². The fraction of sp³-hybridized carbons (Fsp3) is 0.200. The van der Waals surface area contributed by atoms with Crippen LogP contribution >= 0.6 is 0 Å². The summed E-state index contributed by atoms with van der Waals surface area (Å²) in [7, 11) is 0. The van der Waals surface area contributed by atoms with Crippen LogP contribution in [-0.2, 0) is 29.2 Å². The van der Waals surface area contributed by atoms with E-state index in [-0.39, 0.29) is 12.2 Å². The van der Waals surface area contributed by atoms with Crippen LogP contribution in [0.4, 0.5) is 4.39 Å². The van der Waals surface area contributed by atoms with Gasteiger partial charge in [-0.2, -0.15) is 0 Å². The van der Waals surface area contributed by atoms with Crippen molar-refractivity contribution in [3.05, 3.63) is 77.2 Å². The average molecular weight is 417 g/mol. The minimum Gasteiger partial charge on any atom is -0.481 e. The van der Waals surface area contributed by atoms with E-state index in [4.69, 9.17) is 14.3 Å². The quantitative estimate of drug-likeness (QED) is 0.433. The molecular weight excluding hydrogens is 397 g/mol. The van der Waals surface area contributed by atoms with Crippen molar-refractivity contribution in [2.75, 3.05) is 0 Å². The smallest absolute Gasteiger partial charge is 0.303 e. The Bertz CT molecular complexity index is 1290. The summed E-state index contributed by atoms with van der Waals surface area (Å²) in [6.07, 6.45) is 1.03. The van der Waals surface area contributed by atoms with Gasteiger partial charge in [0.1, 0.15) is 17.2 Å². The Morgan fingerprint density at radius 3 is 2.81 bits per heavy atom. The maximum Gasteiger partial charge on any atom is 0.303 e. The summed E-state index contributed by atoms with van der Waals surface area (Å²) in [4.78, 5) is 15.7. The second kappa shape index (κ2) is 7.96. The van der Waals surface area contributed by atoms with E-state index in [0.29, 0.717) is 54.2 Å². The molecule has 0 fully saturated rings. The number of carbonyl (C=O) groups is 1. The number of aliphatic carboxylic acids is 1. The Balaban J connectivity index is 1.67. The van der Waals surface area contributed by atoms with Crippen molar-refractivity contribution in [3.8, 4) is 22.6 Å². The summed E-state index contributed by atoms with van der Waals surface area (Å²) in [5.41, 5.74) is 4.90. The van der Waals surface area contributed by atoms with Gasteiger partial charge >= 0.3 is 5.97 Å². The number of fused-ring (bicyclic) bond motifs is 2.